The average Bonchev–Trinajstić information content (AvgIpc) is 3.58. The number of fused-ring (bicyclic) bond motifs is 3. The van der Waals surface area contributed by atoms with Gasteiger partial charge in [0.05, 0.1) is 49.1 Å². The van der Waals surface area contributed by atoms with E-state index in [-0.39, 0.29) is 5.91 Å². The van der Waals surface area contributed by atoms with E-state index >= 15 is 0 Å². The number of hydrogen-bond donors (Lipinski definition) is 2. The third kappa shape index (κ3) is 3.59. The van der Waals surface area contributed by atoms with Gasteiger partial charge in [-0.3, -0.25) is 4.79 Å². The molecule has 0 saturated carbocycles. The van der Waals surface area contributed by atoms with Crippen LogP contribution in [-0.4, -0.2) is 40.4 Å². The molecular formula is C25H18N6O5. The van der Waals surface area contributed by atoms with E-state index in [0.29, 0.717) is 61.7 Å². The third-order valence-corrected chi connectivity index (χ3v) is 5.74. The minimum absolute atomic E-state index is 0.351. The van der Waals surface area contributed by atoms with Crippen LogP contribution in [-0.2, 0) is 0 Å². The molecule has 1 amide bonds. The van der Waals surface area contributed by atoms with Gasteiger partial charge in [-0.25, -0.2) is 9.97 Å². The SMILES string of the molecule is COc1cc(NC(=O)c2cccc3c(Nc4cc(OC)cc5cnoc45)ncnc23)c2oncc2c1. The Morgan fingerprint density at radius 2 is 1.53 bits per heavy atom. The summed E-state index contributed by atoms with van der Waals surface area (Å²) in [4.78, 5) is 22.1. The summed E-state index contributed by atoms with van der Waals surface area (Å²) < 4.78 is 21.5. The molecule has 0 aliphatic heterocycles. The second kappa shape index (κ2) is 8.55. The summed E-state index contributed by atoms with van der Waals surface area (Å²) in [5, 5.41) is 15.9. The Morgan fingerprint density at radius 1 is 0.861 bits per heavy atom. The second-order valence-electron chi connectivity index (χ2n) is 7.84. The lowest BCUT2D eigenvalue weighted by Gasteiger charge is -2.12. The van der Waals surface area contributed by atoms with Crippen molar-refractivity contribution >= 4 is 55.9 Å². The van der Waals surface area contributed by atoms with Crippen LogP contribution in [0.2, 0.25) is 0 Å². The van der Waals surface area contributed by atoms with Gasteiger partial charge in [-0.15, -0.1) is 0 Å². The van der Waals surface area contributed by atoms with Crippen molar-refractivity contribution in [1.29, 1.82) is 0 Å². The number of methoxy groups -OCH3 is 2. The summed E-state index contributed by atoms with van der Waals surface area (Å²) in [6.07, 6.45) is 4.55. The summed E-state index contributed by atoms with van der Waals surface area (Å²) >= 11 is 0. The first-order valence-electron chi connectivity index (χ1n) is 10.8. The van der Waals surface area contributed by atoms with Crippen molar-refractivity contribution < 1.29 is 23.3 Å². The van der Waals surface area contributed by atoms with Crippen LogP contribution in [0, 0.1) is 0 Å². The van der Waals surface area contributed by atoms with E-state index in [0.717, 1.165) is 5.39 Å². The highest BCUT2D eigenvalue weighted by Crippen LogP contribution is 2.34. The zero-order chi connectivity index (χ0) is 24.6. The largest absolute Gasteiger partial charge is 0.497 e. The van der Waals surface area contributed by atoms with Gasteiger partial charge in [0.2, 0.25) is 0 Å². The number of rotatable bonds is 6. The summed E-state index contributed by atoms with van der Waals surface area (Å²) in [6.45, 7) is 0. The number of ether oxygens (including phenoxy) is 2. The molecule has 3 aromatic heterocycles. The molecule has 0 radical (unpaired) electrons. The number of para-hydroxylation sites is 1. The van der Waals surface area contributed by atoms with E-state index in [9.17, 15) is 4.79 Å². The van der Waals surface area contributed by atoms with Crippen molar-refractivity contribution in [3.8, 4) is 11.5 Å². The average molecular weight is 482 g/mol. The highest BCUT2D eigenvalue weighted by Gasteiger charge is 2.18. The maximum absolute atomic E-state index is 13.4. The van der Waals surface area contributed by atoms with Gasteiger partial charge >= 0.3 is 0 Å². The maximum atomic E-state index is 13.4. The number of anilines is 3. The monoisotopic (exact) mass is 482 g/mol. The minimum Gasteiger partial charge on any atom is -0.497 e. The number of amides is 1. The van der Waals surface area contributed by atoms with Crippen molar-refractivity contribution in [1.82, 2.24) is 20.3 Å². The lowest BCUT2D eigenvalue weighted by atomic mass is 10.1. The molecule has 0 fully saturated rings. The van der Waals surface area contributed by atoms with E-state index in [1.807, 2.05) is 12.1 Å². The number of benzene rings is 3. The Hall–Kier alpha value is -5.19. The molecule has 0 spiro atoms. The molecule has 0 unspecified atom stereocenters. The third-order valence-electron chi connectivity index (χ3n) is 5.74. The van der Waals surface area contributed by atoms with Crippen molar-refractivity contribution in [3.63, 3.8) is 0 Å². The van der Waals surface area contributed by atoms with E-state index < -0.39 is 0 Å². The van der Waals surface area contributed by atoms with Crippen molar-refractivity contribution in [2.45, 2.75) is 0 Å². The fourth-order valence-corrected chi connectivity index (χ4v) is 4.02. The van der Waals surface area contributed by atoms with E-state index in [1.165, 1.54) is 6.33 Å². The van der Waals surface area contributed by atoms with Crippen LogP contribution in [0.4, 0.5) is 17.2 Å². The maximum Gasteiger partial charge on any atom is 0.257 e. The fraction of sp³-hybridized carbons (Fsp3) is 0.0800. The van der Waals surface area contributed by atoms with Gasteiger partial charge < -0.3 is 29.2 Å². The van der Waals surface area contributed by atoms with Crippen LogP contribution < -0.4 is 20.1 Å². The lowest BCUT2D eigenvalue weighted by molar-refractivity contribution is 0.102. The molecule has 11 heteroatoms. The molecule has 3 aromatic carbocycles. The highest BCUT2D eigenvalue weighted by atomic mass is 16.5. The topological polar surface area (TPSA) is 137 Å². The van der Waals surface area contributed by atoms with E-state index in [1.54, 1.807) is 56.9 Å². The first-order chi connectivity index (χ1) is 17.6. The Kier molecular flexibility index (Phi) is 5.07. The number of hydrogen-bond acceptors (Lipinski definition) is 10. The van der Waals surface area contributed by atoms with Crippen LogP contribution >= 0.6 is 0 Å². The predicted molar refractivity (Wildman–Crippen MR) is 132 cm³/mol. The summed E-state index contributed by atoms with van der Waals surface area (Å²) in [6, 6.07) is 12.3. The van der Waals surface area contributed by atoms with Crippen molar-refractivity contribution in [3.05, 3.63) is 66.7 Å². The van der Waals surface area contributed by atoms with Gasteiger partial charge in [0.25, 0.3) is 5.91 Å². The van der Waals surface area contributed by atoms with Crippen molar-refractivity contribution in [2.24, 2.45) is 0 Å². The van der Waals surface area contributed by atoms with E-state index in [4.69, 9.17) is 18.5 Å². The Labute approximate surface area is 203 Å². The molecule has 0 aliphatic carbocycles. The fourth-order valence-electron chi connectivity index (χ4n) is 4.02. The van der Waals surface area contributed by atoms with Gasteiger partial charge in [-0.1, -0.05) is 16.4 Å². The molecule has 0 saturated heterocycles. The van der Waals surface area contributed by atoms with Crippen LogP contribution in [0.25, 0.3) is 32.8 Å². The summed E-state index contributed by atoms with van der Waals surface area (Å²) in [7, 11) is 3.13. The Balaban J connectivity index is 1.39. The van der Waals surface area contributed by atoms with Crippen LogP contribution in [0.1, 0.15) is 10.4 Å². The zero-order valence-electron chi connectivity index (χ0n) is 19.1. The molecule has 2 N–H and O–H groups in total. The molecule has 178 valence electrons. The second-order valence-corrected chi connectivity index (χ2v) is 7.84. The molecule has 0 aliphatic rings. The Bertz CT molecular complexity index is 1760. The van der Waals surface area contributed by atoms with Gasteiger partial charge in [0.1, 0.15) is 23.6 Å². The molecule has 3 heterocycles. The molecule has 0 bridgehead atoms. The van der Waals surface area contributed by atoms with Crippen molar-refractivity contribution in [2.75, 3.05) is 24.9 Å². The number of aromatic nitrogens is 4. The summed E-state index contributed by atoms with van der Waals surface area (Å²) in [5.41, 5.74) is 2.84. The molecule has 11 nitrogen and oxygen atoms in total. The smallest absolute Gasteiger partial charge is 0.257 e. The van der Waals surface area contributed by atoms with Crippen LogP contribution in [0.15, 0.2) is 70.2 Å². The quantitative estimate of drug-likeness (QED) is 0.336. The first kappa shape index (κ1) is 21.4. The molecule has 36 heavy (non-hydrogen) atoms. The summed E-state index contributed by atoms with van der Waals surface area (Å²) in [5.74, 6) is 1.29. The molecular weight excluding hydrogens is 464 g/mol. The van der Waals surface area contributed by atoms with Crippen LogP contribution in [0.5, 0.6) is 11.5 Å². The van der Waals surface area contributed by atoms with Gasteiger partial charge in [0, 0.05) is 28.3 Å². The highest BCUT2D eigenvalue weighted by molar-refractivity contribution is 6.15. The molecule has 6 rings (SSSR count). The zero-order valence-corrected chi connectivity index (χ0v) is 19.1. The number of nitrogens with zero attached hydrogens (tertiary/aromatic N) is 4. The first-order valence-corrected chi connectivity index (χ1v) is 10.8. The van der Waals surface area contributed by atoms with Gasteiger partial charge in [0.15, 0.2) is 11.2 Å². The minimum atomic E-state index is -0.379. The van der Waals surface area contributed by atoms with E-state index in [2.05, 4.69) is 30.9 Å². The predicted octanol–water partition coefficient (Wildman–Crippen LogP) is 4.93. The normalized spacial score (nSPS) is 11.2. The lowest BCUT2D eigenvalue weighted by Crippen LogP contribution is -2.13. The standard InChI is InChI=1S/C25H18N6O5/c1-33-15-6-13-10-28-35-22(13)19(8-15)30-24-17-4-3-5-18(21(17)26-12-27-24)25(32)31-20-9-16(34-2)7-14-11-29-36-23(14)20/h3-12H,1-2H3,(H,31,32)(H,26,27,30). The number of nitrogens with one attached hydrogen (secondary N) is 2. The molecule has 6 aromatic rings. The van der Waals surface area contributed by atoms with Gasteiger partial charge in [-0.05, 0) is 24.3 Å². The van der Waals surface area contributed by atoms with Crippen LogP contribution in [0.3, 0.4) is 0 Å². The Morgan fingerprint density at radius 3 is 2.22 bits per heavy atom. The molecule has 0 atom stereocenters. The van der Waals surface area contributed by atoms with Gasteiger partial charge in [-0.2, -0.15) is 0 Å². The number of carbonyl (C=O) groups excluding carboxylic acids is 1. The number of carbonyl (C=O) groups is 1.